The van der Waals surface area contributed by atoms with Crippen LogP contribution in [-0.4, -0.2) is 48.9 Å². The van der Waals surface area contributed by atoms with Crippen molar-refractivity contribution in [3.63, 3.8) is 0 Å². The molecule has 1 amide bonds. The first-order valence-electron chi connectivity index (χ1n) is 14.2. The number of hydrogen-bond acceptors (Lipinski definition) is 6. The molecule has 2 heterocycles. The molecule has 0 fully saturated rings. The number of aromatic amines is 1. The maximum Gasteiger partial charge on any atom is 0.273 e. The van der Waals surface area contributed by atoms with E-state index in [1.165, 1.54) is 0 Å². The average molecular weight is 610 g/mol. The number of halogens is 1. The van der Waals surface area contributed by atoms with E-state index >= 15 is 0 Å². The number of carbonyl (C=O) groups is 1. The Kier molecular flexibility index (Phi) is 8.43. The van der Waals surface area contributed by atoms with Crippen LogP contribution in [0.25, 0.3) is 11.3 Å². The molecule has 224 valence electrons. The third kappa shape index (κ3) is 5.68. The molecule has 1 aliphatic rings. The summed E-state index contributed by atoms with van der Waals surface area (Å²) < 4.78 is 22.3. The highest BCUT2D eigenvalue weighted by atomic mass is 35.5. The van der Waals surface area contributed by atoms with Crippen molar-refractivity contribution in [2.75, 3.05) is 27.9 Å². The molecule has 4 aromatic carbocycles. The monoisotopic (exact) mass is 609 g/mol. The molecule has 1 atom stereocenters. The Hall–Kier alpha value is -4.95. The maximum atomic E-state index is 13.9. The highest BCUT2D eigenvalue weighted by Gasteiger charge is 2.42. The summed E-state index contributed by atoms with van der Waals surface area (Å²) in [5.74, 6) is 2.67. The third-order valence-electron chi connectivity index (χ3n) is 7.86. The molecule has 8 nitrogen and oxygen atoms in total. The third-order valence-corrected chi connectivity index (χ3v) is 8.23. The lowest BCUT2D eigenvalue weighted by Crippen LogP contribution is -2.31. The quantitative estimate of drug-likeness (QED) is 0.172. The molecule has 0 saturated heterocycles. The van der Waals surface area contributed by atoms with E-state index in [0.29, 0.717) is 47.5 Å². The molecule has 0 spiro atoms. The summed E-state index contributed by atoms with van der Waals surface area (Å²) in [6.45, 7) is 0.834. The van der Waals surface area contributed by atoms with Gasteiger partial charge in [-0.25, -0.2) is 0 Å². The van der Waals surface area contributed by atoms with Gasteiger partial charge in [-0.3, -0.25) is 9.89 Å². The van der Waals surface area contributed by atoms with Gasteiger partial charge in [-0.05, 0) is 72.1 Å². The fourth-order valence-electron chi connectivity index (χ4n) is 5.55. The number of ether oxygens (including phenoxy) is 4. The summed E-state index contributed by atoms with van der Waals surface area (Å²) >= 11 is 6.31. The first kappa shape index (κ1) is 29.1. The van der Waals surface area contributed by atoms with Crippen LogP contribution in [0.15, 0.2) is 91.0 Å². The number of methoxy groups -OCH3 is 3. The minimum atomic E-state index is -0.355. The summed E-state index contributed by atoms with van der Waals surface area (Å²) in [6.07, 6.45) is 0.622. The molecule has 1 aliphatic heterocycles. The summed E-state index contributed by atoms with van der Waals surface area (Å²) in [4.78, 5) is 15.8. The van der Waals surface area contributed by atoms with Gasteiger partial charge in [0.15, 0.2) is 11.5 Å². The van der Waals surface area contributed by atoms with Crippen LogP contribution in [0.1, 0.15) is 38.8 Å². The van der Waals surface area contributed by atoms with E-state index in [0.717, 1.165) is 39.3 Å². The molecule has 1 unspecified atom stereocenters. The predicted octanol–water partition coefficient (Wildman–Crippen LogP) is 7.12. The van der Waals surface area contributed by atoms with E-state index in [1.54, 1.807) is 21.3 Å². The molecule has 0 bridgehead atoms. The molecule has 0 saturated carbocycles. The number of amides is 1. The van der Waals surface area contributed by atoms with E-state index in [1.807, 2.05) is 95.9 Å². The van der Waals surface area contributed by atoms with Gasteiger partial charge in [-0.15, -0.1) is 0 Å². The topological polar surface area (TPSA) is 85.9 Å². The lowest BCUT2D eigenvalue weighted by atomic mass is 9.95. The lowest BCUT2D eigenvalue weighted by Gasteiger charge is -2.27. The standard InChI is InChI=1S/C35H32ClN3O5/c1-41-26-13-9-23(10-14-26)32-31-33(38-37-32)35(40)39(19-18-22-8-17-29(42-2)30(20-22)43-3)34(31)24-11-15-27(16-12-24)44-21-25-6-4-5-7-28(25)36/h4-17,20,34H,18-19,21H2,1-3H3,(H,37,38). The second kappa shape index (κ2) is 12.7. The van der Waals surface area contributed by atoms with Gasteiger partial charge in [0.1, 0.15) is 23.8 Å². The van der Waals surface area contributed by atoms with E-state index in [4.69, 9.17) is 30.5 Å². The second-order valence-corrected chi connectivity index (χ2v) is 10.8. The van der Waals surface area contributed by atoms with Gasteiger partial charge in [0.05, 0.1) is 33.1 Å². The Balaban J connectivity index is 1.32. The molecule has 1 N–H and O–H groups in total. The SMILES string of the molecule is COc1ccc(-c2n[nH]c3c2C(c2ccc(OCc4ccccc4Cl)cc2)N(CCc2ccc(OC)c(OC)c2)C3=O)cc1. The van der Waals surface area contributed by atoms with Crippen molar-refractivity contribution in [2.24, 2.45) is 0 Å². The van der Waals surface area contributed by atoms with Crippen molar-refractivity contribution in [2.45, 2.75) is 19.1 Å². The van der Waals surface area contributed by atoms with Gasteiger partial charge in [0.2, 0.25) is 0 Å². The normalized spacial score (nSPS) is 14.0. The number of hydrogen-bond donors (Lipinski definition) is 1. The molecule has 6 rings (SSSR count). The number of benzene rings is 4. The van der Waals surface area contributed by atoms with Crippen molar-refractivity contribution in [3.05, 3.63) is 124 Å². The lowest BCUT2D eigenvalue weighted by molar-refractivity contribution is 0.0746. The Morgan fingerprint density at radius 2 is 1.57 bits per heavy atom. The molecule has 44 heavy (non-hydrogen) atoms. The first-order valence-corrected chi connectivity index (χ1v) is 14.6. The number of H-pyrrole nitrogens is 1. The highest BCUT2D eigenvalue weighted by Crippen LogP contribution is 2.43. The maximum absolute atomic E-state index is 13.9. The van der Waals surface area contributed by atoms with Gasteiger partial charge in [-0.2, -0.15) is 5.10 Å². The summed E-state index contributed by atoms with van der Waals surface area (Å²) in [7, 11) is 4.86. The molecular formula is C35H32ClN3O5. The van der Waals surface area contributed by atoms with Gasteiger partial charge >= 0.3 is 0 Å². The van der Waals surface area contributed by atoms with Crippen LogP contribution in [0.2, 0.25) is 5.02 Å². The summed E-state index contributed by atoms with van der Waals surface area (Å²) in [5.41, 5.74) is 5.85. The zero-order valence-corrected chi connectivity index (χ0v) is 25.4. The predicted molar refractivity (Wildman–Crippen MR) is 169 cm³/mol. The molecule has 5 aromatic rings. The first-order chi connectivity index (χ1) is 21.5. The number of aromatic nitrogens is 2. The van der Waals surface area contributed by atoms with Crippen LogP contribution in [0.5, 0.6) is 23.0 Å². The Labute approximate surface area is 261 Å². The van der Waals surface area contributed by atoms with E-state index in [2.05, 4.69) is 10.2 Å². The van der Waals surface area contributed by atoms with Crippen LogP contribution in [-0.2, 0) is 13.0 Å². The fraction of sp³-hybridized carbons (Fsp3) is 0.200. The number of nitrogens with one attached hydrogen (secondary N) is 1. The average Bonchev–Trinajstić information content (AvgIpc) is 3.62. The van der Waals surface area contributed by atoms with Crippen LogP contribution in [0.3, 0.4) is 0 Å². The smallest absolute Gasteiger partial charge is 0.273 e. The molecular weight excluding hydrogens is 578 g/mol. The van der Waals surface area contributed by atoms with Crippen molar-refractivity contribution < 1.29 is 23.7 Å². The number of carbonyl (C=O) groups excluding carboxylic acids is 1. The minimum absolute atomic E-state index is 0.100. The van der Waals surface area contributed by atoms with E-state index in [9.17, 15) is 4.79 Å². The molecule has 0 radical (unpaired) electrons. The van der Waals surface area contributed by atoms with E-state index < -0.39 is 0 Å². The second-order valence-electron chi connectivity index (χ2n) is 10.4. The van der Waals surface area contributed by atoms with E-state index in [-0.39, 0.29) is 11.9 Å². The zero-order valence-electron chi connectivity index (χ0n) is 24.7. The summed E-state index contributed by atoms with van der Waals surface area (Å²) in [6, 6.07) is 28.6. The van der Waals surface area contributed by atoms with Gasteiger partial charge in [0.25, 0.3) is 5.91 Å². The van der Waals surface area contributed by atoms with Crippen LogP contribution in [0, 0.1) is 0 Å². The van der Waals surface area contributed by atoms with Gasteiger partial charge in [0, 0.05) is 28.3 Å². The van der Waals surface area contributed by atoms with Crippen LogP contribution >= 0.6 is 11.6 Å². The zero-order chi connectivity index (χ0) is 30.6. The largest absolute Gasteiger partial charge is 0.497 e. The number of rotatable bonds is 11. The summed E-state index contributed by atoms with van der Waals surface area (Å²) in [5, 5.41) is 8.29. The molecule has 1 aromatic heterocycles. The Morgan fingerprint density at radius 3 is 2.27 bits per heavy atom. The van der Waals surface area contributed by atoms with Gasteiger partial charge < -0.3 is 23.8 Å². The van der Waals surface area contributed by atoms with Crippen molar-refractivity contribution in [3.8, 4) is 34.3 Å². The fourth-order valence-corrected chi connectivity index (χ4v) is 5.74. The molecule has 9 heteroatoms. The van der Waals surface area contributed by atoms with Crippen molar-refractivity contribution >= 4 is 17.5 Å². The highest BCUT2D eigenvalue weighted by molar-refractivity contribution is 6.31. The Morgan fingerprint density at radius 1 is 0.841 bits per heavy atom. The molecule has 0 aliphatic carbocycles. The van der Waals surface area contributed by atoms with Gasteiger partial charge in [-0.1, -0.05) is 48.0 Å². The van der Waals surface area contributed by atoms with Crippen LogP contribution < -0.4 is 18.9 Å². The number of fused-ring (bicyclic) bond motifs is 1. The Bertz CT molecular complexity index is 1770. The number of nitrogens with zero attached hydrogens (tertiary/aromatic N) is 2. The van der Waals surface area contributed by atoms with Crippen molar-refractivity contribution in [1.82, 2.24) is 15.1 Å². The van der Waals surface area contributed by atoms with Crippen molar-refractivity contribution in [1.29, 1.82) is 0 Å². The van der Waals surface area contributed by atoms with Crippen LogP contribution in [0.4, 0.5) is 0 Å². The minimum Gasteiger partial charge on any atom is -0.497 e.